The van der Waals surface area contributed by atoms with Gasteiger partial charge in [-0.1, -0.05) is 0 Å². The van der Waals surface area contributed by atoms with Crippen molar-refractivity contribution in [1.29, 1.82) is 0 Å². The maximum absolute atomic E-state index is 10.4. The fourth-order valence-corrected chi connectivity index (χ4v) is 1.03. The predicted octanol–water partition coefficient (Wildman–Crippen LogP) is 1.53. The van der Waals surface area contributed by atoms with Crippen LogP contribution in [0.25, 0.3) is 0 Å². The molecule has 0 aliphatic carbocycles. The molecule has 64 valence electrons. The number of phenols is 2. The number of hydrogen-bond donors (Lipinski definition) is 2. The summed E-state index contributed by atoms with van der Waals surface area (Å²) < 4.78 is 0. The van der Waals surface area contributed by atoms with Crippen LogP contribution in [0.4, 0.5) is 0 Å². The molecule has 0 radical (unpaired) electrons. The fourth-order valence-electron chi connectivity index (χ4n) is 1.03. The van der Waals surface area contributed by atoms with E-state index in [0.717, 1.165) is 0 Å². The Morgan fingerprint density at radius 3 is 2.33 bits per heavy atom. The van der Waals surface area contributed by atoms with E-state index in [9.17, 15) is 15.0 Å². The van der Waals surface area contributed by atoms with Gasteiger partial charge in [0.1, 0.15) is 11.5 Å². The molecule has 0 amide bonds. The van der Waals surface area contributed by atoms with Gasteiger partial charge in [0.25, 0.3) is 0 Å². The van der Waals surface area contributed by atoms with Crippen molar-refractivity contribution in [1.82, 2.24) is 0 Å². The molecule has 0 bridgehead atoms. The molecule has 2 N–H and O–H groups in total. The zero-order chi connectivity index (χ0) is 9.30. The van der Waals surface area contributed by atoms with Crippen molar-refractivity contribution in [3.8, 4) is 11.5 Å². The zero-order valence-corrected chi connectivity index (χ0v) is 6.96. The molecule has 0 saturated heterocycles. The monoisotopic (exact) mass is 166 g/mol. The number of hydrogen-bond acceptors (Lipinski definition) is 3. The summed E-state index contributed by atoms with van der Waals surface area (Å²) in [5.41, 5.74) is 1.22. The minimum absolute atomic E-state index is 0.0166. The Labute approximate surface area is 70.3 Å². The van der Waals surface area contributed by atoms with Crippen molar-refractivity contribution in [2.24, 2.45) is 0 Å². The SMILES string of the molecule is Cc1c(O)cc(C=O)c(C)c1O. The van der Waals surface area contributed by atoms with E-state index in [2.05, 4.69) is 0 Å². The van der Waals surface area contributed by atoms with Gasteiger partial charge < -0.3 is 10.2 Å². The van der Waals surface area contributed by atoms with Crippen LogP contribution >= 0.6 is 0 Å². The highest BCUT2D eigenvalue weighted by Crippen LogP contribution is 2.31. The van der Waals surface area contributed by atoms with E-state index in [4.69, 9.17) is 0 Å². The number of aromatic hydroxyl groups is 2. The average molecular weight is 166 g/mol. The molecule has 1 rings (SSSR count). The average Bonchev–Trinajstić information content (AvgIpc) is 2.08. The van der Waals surface area contributed by atoms with Crippen LogP contribution < -0.4 is 0 Å². The summed E-state index contributed by atoms with van der Waals surface area (Å²) in [6.07, 6.45) is 0.605. The van der Waals surface area contributed by atoms with E-state index in [1.165, 1.54) is 6.07 Å². The number of aldehydes is 1. The van der Waals surface area contributed by atoms with Crippen LogP contribution in [0.1, 0.15) is 21.5 Å². The van der Waals surface area contributed by atoms with Gasteiger partial charge in [-0.3, -0.25) is 4.79 Å². The van der Waals surface area contributed by atoms with Gasteiger partial charge in [0, 0.05) is 16.7 Å². The Balaban J connectivity index is 3.49. The van der Waals surface area contributed by atoms with E-state index in [1.807, 2.05) is 0 Å². The Hall–Kier alpha value is -1.51. The first-order valence-electron chi connectivity index (χ1n) is 3.55. The molecular formula is C9H10O3. The standard InChI is InChI=1S/C9H10O3/c1-5-7(4-10)3-8(11)6(2)9(5)12/h3-4,11-12H,1-2H3. The summed E-state index contributed by atoms with van der Waals surface area (Å²) in [7, 11) is 0. The molecule has 3 nitrogen and oxygen atoms in total. The van der Waals surface area contributed by atoms with E-state index in [1.54, 1.807) is 13.8 Å². The quantitative estimate of drug-likeness (QED) is 0.622. The van der Waals surface area contributed by atoms with E-state index < -0.39 is 0 Å². The minimum atomic E-state index is -0.0554. The van der Waals surface area contributed by atoms with Crippen LogP contribution in [0.3, 0.4) is 0 Å². The Kier molecular flexibility index (Phi) is 2.04. The van der Waals surface area contributed by atoms with Crippen molar-refractivity contribution in [2.45, 2.75) is 13.8 Å². The molecule has 0 aliphatic rings. The van der Waals surface area contributed by atoms with Crippen molar-refractivity contribution < 1.29 is 15.0 Å². The van der Waals surface area contributed by atoms with E-state index in [-0.39, 0.29) is 11.5 Å². The van der Waals surface area contributed by atoms with Crippen molar-refractivity contribution in [2.75, 3.05) is 0 Å². The molecular weight excluding hydrogens is 156 g/mol. The molecule has 0 heterocycles. The molecule has 3 heteroatoms. The first-order valence-corrected chi connectivity index (χ1v) is 3.55. The number of benzene rings is 1. The predicted molar refractivity (Wildman–Crippen MR) is 44.6 cm³/mol. The normalized spacial score (nSPS) is 9.83. The van der Waals surface area contributed by atoms with E-state index >= 15 is 0 Å². The van der Waals surface area contributed by atoms with Crippen LogP contribution in [-0.2, 0) is 0 Å². The number of carbonyl (C=O) groups is 1. The van der Waals surface area contributed by atoms with Crippen LogP contribution in [0.2, 0.25) is 0 Å². The summed E-state index contributed by atoms with van der Waals surface area (Å²) in [6.45, 7) is 3.22. The van der Waals surface area contributed by atoms with E-state index in [0.29, 0.717) is 23.0 Å². The van der Waals surface area contributed by atoms with Gasteiger partial charge in [-0.15, -0.1) is 0 Å². The highest BCUT2D eigenvalue weighted by Gasteiger charge is 2.09. The van der Waals surface area contributed by atoms with Crippen LogP contribution in [0.5, 0.6) is 11.5 Å². The first-order chi connectivity index (χ1) is 5.57. The summed E-state index contributed by atoms with van der Waals surface area (Å²) in [6, 6.07) is 1.34. The molecule has 12 heavy (non-hydrogen) atoms. The van der Waals surface area contributed by atoms with Gasteiger partial charge in [0.2, 0.25) is 0 Å². The number of carbonyl (C=O) groups excluding carboxylic acids is 1. The molecule has 0 unspecified atom stereocenters. The lowest BCUT2D eigenvalue weighted by Gasteiger charge is -2.06. The third kappa shape index (κ3) is 1.13. The summed E-state index contributed by atoms with van der Waals surface area (Å²) in [5.74, 6) is -0.0719. The van der Waals surface area contributed by atoms with Crippen molar-refractivity contribution >= 4 is 6.29 Å². The van der Waals surface area contributed by atoms with Crippen molar-refractivity contribution in [3.05, 3.63) is 22.8 Å². The molecule has 0 aromatic heterocycles. The molecule has 1 aromatic rings. The lowest BCUT2D eigenvalue weighted by Crippen LogP contribution is -1.89. The largest absolute Gasteiger partial charge is 0.508 e. The number of rotatable bonds is 1. The molecule has 1 aromatic carbocycles. The van der Waals surface area contributed by atoms with Crippen LogP contribution in [0.15, 0.2) is 6.07 Å². The summed E-state index contributed by atoms with van der Waals surface area (Å²) >= 11 is 0. The lowest BCUT2D eigenvalue weighted by atomic mass is 10.0. The third-order valence-electron chi connectivity index (χ3n) is 1.95. The van der Waals surface area contributed by atoms with Gasteiger partial charge in [-0.2, -0.15) is 0 Å². The molecule has 0 spiro atoms. The second-order valence-electron chi connectivity index (χ2n) is 2.70. The highest BCUT2D eigenvalue weighted by molar-refractivity contribution is 5.80. The van der Waals surface area contributed by atoms with Gasteiger partial charge in [0.15, 0.2) is 6.29 Å². The first kappa shape index (κ1) is 8.59. The van der Waals surface area contributed by atoms with Crippen LogP contribution in [0, 0.1) is 13.8 Å². The van der Waals surface area contributed by atoms with Gasteiger partial charge in [-0.05, 0) is 19.9 Å². The Bertz CT molecular complexity index is 329. The fraction of sp³-hybridized carbons (Fsp3) is 0.222. The van der Waals surface area contributed by atoms with Gasteiger partial charge in [0.05, 0.1) is 0 Å². The van der Waals surface area contributed by atoms with Gasteiger partial charge in [-0.25, -0.2) is 0 Å². The summed E-state index contributed by atoms with van der Waals surface area (Å²) in [5, 5.41) is 18.6. The topological polar surface area (TPSA) is 57.5 Å². The highest BCUT2D eigenvalue weighted by atomic mass is 16.3. The minimum Gasteiger partial charge on any atom is -0.508 e. The van der Waals surface area contributed by atoms with Crippen LogP contribution in [-0.4, -0.2) is 16.5 Å². The van der Waals surface area contributed by atoms with Crippen molar-refractivity contribution in [3.63, 3.8) is 0 Å². The lowest BCUT2D eigenvalue weighted by molar-refractivity contribution is 0.112. The third-order valence-corrected chi connectivity index (χ3v) is 1.95. The summed E-state index contributed by atoms with van der Waals surface area (Å²) in [4.78, 5) is 10.4. The molecule has 0 aliphatic heterocycles. The molecule has 0 fully saturated rings. The Morgan fingerprint density at radius 2 is 1.83 bits per heavy atom. The Morgan fingerprint density at radius 1 is 1.25 bits per heavy atom. The second kappa shape index (κ2) is 2.85. The maximum Gasteiger partial charge on any atom is 0.150 e. The smallest absolute Gasteiger partial charge is 0.150 e. The maximum atomic E-state index is 10.4. The second-order valence-corrected chi connectivity index (χ2v) is 2.70. The van der Waals surface area contributed by atoms with Gasteiger partial charge >= 0.3 is 0 Å². The number of phenolic OH excluding ortho intramolecular Hbond substituents is 2. The molecule has 0 saturated carbocycles. The molecule has 0 atom stereocenters. The zero-order valence-electron chi connectivity index (χ0n) is 6.96.